The van der Waals surface area contributed by atoms with Crippen LogP contribution in [0.5, 0.6) is 0 Å². The van der Waals surface area contributed by atoms with Crippen LogP contribution < -0.4 is 0 Å². The number of aromatic nitrogens is 3. The second kappa shape index (κ2) is 10.7. The van der Waals surface area contributed by atoms with Crippen LogP contribution >= 0.6 is 11.6 Å². The van der Waals surface area contributed by atoms with Crippen molar-refractivity contribution in [3.8, 4) is 62.5 Å². The molecule has 5 aromatic carbocycles. The standard InChI is InChI=1S/C34H21ClN4/c35-31-19-18-27(21-30(31)23-10-3-1-4-11-23)34-38-32(24-12-5-2-6-13-24)37-33(39-34)26-16-9-15-25(20-26)29-17-8-7-14-28(29)22-36/h1-21H. The first-order valence-electron chi connectivity index (χ1n) is 12.5. The SMILES string of the molecule is N#Cc1ccccc1-c1cccc(-c2nc(-c3ccccc3)nc(-c3ccc(Cl)c(-c4ccccc4)c3)n2)c1. The molecule has 0 amide bonds. The summed E-state index contributed by atoms with van der Waals surface area (Å²) in [6, 6.07) is 43.5. The number of nitriles is 1. The molecule has 0 radical (unpaired) electrons. The van der Waals surface area contributed by atoms with Gasteiger partial charge in [0.2, 0.25) is 0 Å². The zero-order valence-corrected chi connectivity index (χ0v) is 21.5. The highest BCUT2D eigenvalue weighted by molar-refractivity contribution is 6.33. The van der Waals surface area contributed by atoms with Gasteiger partial charge in [0.15, 0.2) is 17.5 Å². The topological polar surface area (TPSA) is 62.5 Å². The van der Waals surface area contributed by atoms with Gasteiger partial charge in [-0.05, 0) is 47.0 Å². The van der Waals surface area contributed by atoms with Crippen LogP contribution in [0.25, 0.3) is 56.4 Å². The Morgan fingerprint density at radius 3 is 1.69 bits per heavy atom. The lowest BCUT2D eigenvalue weighted by Crippen LogP contribution is -2.00. The Kier molecular flexibility index (Phi) is 6.66. The Bertz CT molecular complexity index is 1830. The first kappa shape index (κ1) is 24.2. The fourth-order valence-corrected chi connectivity index (χ4v) is 4.74. The molecule has 6 aromatic rings. The highest BCUT2D eigenvalue weighted by Gasteiger charge is 2.15. The van der Waals surface area contributed by atoms with Crippen molar-refractivity contribution in [1.29, 1.82) is 5.26 Å². The molecule has 0 saturated carbocycles. The number of benzene rings is 5. The Hall–Kier alpha value is -5.11. The summed E-state index contributed by atoms with van der Waals surface area (Å²) in [5, 5.41) is 10.3. The number of rotatable bonds is 5. The summed E-state index contributed by atoms with van der Waals surface area (Å²) in [7, 11) is 0. The van der Waals surface area contributed by atoms with Crippen molar-refractivity contribution in [1.82, 2.24) is 15.0 Å². The third-order valence-corrected chi connectivity index (χ3v) is 6.79. The Morgan fingerprint density at radius 2 is 1.00 bits per heavy atom. The Morgan fingerprint density at radius 1 is 0.462 bits per heavy atom. The lowest BCUT2D eigenvalue weighted by molar-refractivity contribution is 1.07. The lowest BCUT2D eigenvalue weighted by atomic mass is 9.98. The van der Waals surface area contributed by atoms with E-state index in [0.717, 1.165) is 38.9 Å². The minimum Gasteiger partial charge on any atom is -0.208 e. The van der Waals surface area contributed by atoms with Crippen molar-refractivity contribution in [2.24, 2.45) is 0 Å². The van der Waals surface area contributed by atoms with Crippen molar-refractivity contribution in [3.63, 3.8) is 0 Å². The molecule has 0 aliphatic carbocycles. The van der Waals surface area contributed by atoms with Crippen LogP contribution in [0.4, 0.5) is 0 Å². The molecule has 39 heavy (non-hydrogen) atoms. The zero-order valence-electron chi connectivity index (χ0n) is 20.8. The first-order valence-corrected chi connectivity index (χ1v) is 12.8. The molecule has 6 rings (SSSR count). The maximum Gasteiger partial charge on any atom is 0.164 e. The molecule has 0 spiro atoms. The van der Waals surface area contributed by atoms with E-state index in [1.54, 1.807) is 0 Å². The van der Waals surface area contributed by atoms with Crippen molar-refractivity contribution < 1.29 is 0 Å². The summed E-state index contributed by atoms with van der Waals surface area (Å²) in [4.78, 5) is 14.6. The third kappa shape index (κ3) is 5.04. The molecule has 0 unspecified atom stereocenters. The molecular weight excluding hydrogens is 500 g/mol. The van der Waals surface area contributed by atoms with Crippen molar-refractivity contribution in [2.45, 2.75) is 0 Å². The van der Waals surface area contributed by atoms with E-state index < -0.39 is 0 Å². The monoisotopic (exact) mass is 520 g/mol. The van der Waals surface area contributed by atoms with E-state index in [-0.39, 0.29) is 0 Å². The van der Waals surface area contributed by atoms with Gasteiger partial charge in [-0.25, -0.2) is 15.0 Å². The van der Waals surface area contributed by atoms with Gasteiger partial charge in [-0.2, -0.15) is 5.26 Å². The maximum absolute atomic E-state index is 9.62. The molecule has 1 aromatic heterocycles. The number of nitrogens with zero attached hydrogens (tertiary/aromatic N) is 4. The van der Waals surface area contributed by atoms with E-state index in [4.69, 9.17) is 26.6 Å². The molecule has 4 nitrogen and oxygen atoms in total. The molecular formula is C34H21ClN4. The largest absolute Gasteiger partial charge is 0.208 e. The summed E-state index contributed by atoms with van der Waals surface area (Å²) in [5.74, 6) is 1.68. The predicted octanol–water partition coefficient (Wildman–Crippen LogP) is 8.73. The van der Waals surface area contributed by atoms with E-state index in [0.29, 0.717) is 28.1 Å². The van der Waals surface area contributed by atoms with Crippen LogP contribution in [0.15, 0.2) is 127 Å². The number of hydrogen-bond acceptors (Lipinski definition) is 4. The van der Waals surface area contributed by atoms with Gasteiger partial charge in [-0.1, -0.05) is 109 Å². The molecule has 0 aliphatic heterocycles. The molecule has 5 heteroatoms. The van der Waals surface area contributed by atoms with Crippen molar-refractivity contribution >= 4 is 11.6 Å². The molecule has 0 N–H and O–H groups in total. The van der Waals surface area contributed by atoms with Crippen LogP contribution in [0.3, 0.4) is 0 Å². The van der Waals surface area contributed by atoms with Crippen LogP contribution in [0.1, 0.15) is 5.56 Å². The summed E-state index contributed by atoms with van der Waals surface area (Å²) >= 11 is 6.60. The molecule has 0 atom stereocenters. The average Bonchev–Trinajstić information content (AvgIpc) is 3.02. The normalized spacial score (nSPS) is 10.7. The van der Waals surface area contributed by atoms with Gasteiger partial charge < -0.3 is 0 Å². The maximum atomic E-state index is 9.62. The minimum atomic E-state index is 0.548. The fraction of sp³-hybridized carbons (Fsp3) is 0. The molecule has 0 saturated heterocycles. The number of hydrogen-bond donors (Lipinski definition) is 0. The average molecular weight is 521 g/mol. The fourth-order valence-electron chi connectivity index (χ4n) is 4.51. The Labute approximate surface area is 231 Å². The highest BCUT2D eigenvalue weighted by Crippen LogP contribution is 2.33. The zero-order chi connectivity index (χ0) is 26.6. The molecule has 0 fully saturated rings. The Balaban J connectivity index is 1.52. The van der Waals surface area contributed by atoms with Gasteiger partial charge in [0.25, 0.3) is 0 Å². The van der Waals surface area contributed by atoms with Gasteiger partial charge >= 0.3 is 0 Å². The van der Waals surface area contributed by atoms with Crippen molar-refractivity contribution in [2.75, 3.05) is 0 Å². The van der Waals surface area contributed by atoms with Gasteiger partial charge in [-0.3, -0.25) is 0 Å². The summed E-state index contributed by atoms with van der Waals surface area (Å²) in [6.45, 7) is 0. The van der Waals surface area contributed by atoms with E-state index in [2.05, 4.69) is 6.07 Å². The lowest BCUT2D eigenvalue weighted by Gasteiger charge is -2.11. The van der Waals surface area contributed by atoms with Crippen LogP contribution in [0, 0.1) is 11.3 Å². The second-order valence-electron chi connectivity index (χ2n) is 8.97. The van der Waals surface area contributed by atoms with E-state index in [1.165, 1.54) is 0 Å². The number of halogens is 1. The molecule has 0 bridgehead atoms. The molecule has 184 valence electrons. The predicted molar refractivity (Wildman–Crippen MR) is 157 cm³/mol. The van der Waals surface area contributed by atoms with Gasteiger partial charge in [-0.15, -0.1) is 0 Å². The van der Waals surface area contributed by atoms with E-state index in [1.807, 2.05) is 127 Å². The molecule has 0 aliphatic rings. The van der Waals surface area contributed by atoms with Gasteiger partial charge in [0.1, 0.15) is 0 Å². The van der Waals surface area contributed by atoms with E-state index in [9.17, 15) is 5.26 Å². The van der Waals surface area contributed by atoms with Crippen LogP contribution in [-0.4, -0.2) is 15.0 Å². The summed E-state index contributed by atoms with van der Waals surface area (Å²) in [5.41, 5.74) is 6.90. The smallest absolute Gasteiger partial charge is 0.164 e. The van der Waals surface area contributed by atoms with Crippen LogP contribution in [0.2, 0.25) is 5.02 Å². The van der Waals surface area contributed by atoms with Crippen LogP contribution in [-0.2, 0) is 0 Å². The third-order valence-electron chi connectivity index (χ3n) is 6.46. The highest BCUT2D eigenvalue weighted by atomic mass is 35.5. The van der Waals surface area contributed by atoms with Gasteiger partial charge in [0.05, 0.1) is 11.6 Å². The summed E-state index contributed by atoms with van der Waals surface area (Å²) in [6.07, 6.45) is 0. The van der Waals surface area contributed by atoms with Crippen molar-refractivity contribution in [3.05, 3.63) is 138 Å². The minimum absolute atomic E-state index is 0.548. The second-order valence-corrected chi connectivity index (χ2v) is 9.38. The quantitative estimate of drug-likeness (QED) is 0.228. The first-order chi connectivity index (χ1) is 19.2. The molecule has 1 heterocycles. The summed E-state index contributed by atoms with van der Waals surface area (Å²) < 4.78 is 0. The van der Waals surface area contributed by atoms with Gasteiger partial charge in [0, 0.05) is 27.3 Å². The van der Waals surface area contributed by atoms with E-state index >= 15 is 0 Å².